The molecule has 2 aromatic carbocycles. The molecular formula is C22H24O5. The number of hydrogen-bond donors (Lipinski definition) is 1. The molecule has 0 unspecified atom stereocenters. The van der Waals surface area contributed by atoms with Crippen LogP contribution in [0.25, 0.3) is 6.08 Å². The number of aromatic hydroxyl groups is 1. The fourth-order valence-corrected chi connectivity index (χ4v) is 3.10. The van der Waals surface area contributed by atoms with E-state index in [0.717, 1.165) is 24.0 Å². The number of phenols is 1. The number of benzene rings is 2. The minimum atomic E-state index is -0.269. The van der Waals surface area contributed by atoms with E-state index in [9.17, 15) is 9.90 Å². The number of ether oxygens (including phenoxy) is 3. The summed E-state index contributed by atoms with van der Waals surface area (Å²) < 4.78 is 16.4. The highest BCUT2D eigenvalue weighted by Gasteiger charge is 2.28. The second kappa shape index (κ2) is 7.35. The molecule has 142 valence electrons. The molecule has 0 atom stereocenters. The van der Waals surface area contributed by atoms with Crippen molar-refractivity contribution in [2.75, 3.05) is 14.2 Å². The number of carbonyl (C=O) groups excluding carboxylic acids is 1. The van der Waals surface area contributed by atoms with Crippen LogP contribution in [0.4, 0.5) is 0 Å². The largest absolute Gasteiger partial charge is 0.507 e. The summed E-state index contributed by atoms with van der Waals surface area (Å²) in [6.07, 6.45) is 4.79. The van der Waals surface area contributed by atoms with E-state index in [1.165, 1.54) is 12.1 Å². The molecule has 1 N–H and O–H groups in total. The van der Waals surface area contributed by atoms with Crippen LogP contribution < -0.4 is 14.2 Å². The Morgan fingerprint density at radius 2 is 1.89 bits per heavy atom. The van der Waals surface area contributed by atoms with Gasteiger partial charge in [-0.2, -0.15) is 0 Å². The number of ketones is 1. The number of hydrogen-bond acceptors (Lipinski definition) is 5. The summed E-state index contributed by atoms with van der Waals surface area (Å²) in [6, 6.07) is 8.65. The van der Waals surface area contributed by atoms with Gasteiger partial charge in [0.25, 0.3) is 0 Å². The lowest BCUT2D eigenvalue weighted by Crippen LogP contribution is -2.32. The van der Waals surface area contributed by atoms with Crippen LogP contribution in [0.15, 0.2) is 36.4 Å². The van der Waals surface area contributed by atoms with Crippen molar-refractivity contribution >= 4 is 11.9 Å². The first-order chi connectivity index (χ1) is 12.8. The van der Waals surface area contributed by atoms with Gasteiger partial charge < -0.3 is 19.3 Å². The summed E-state index contributed by atoms with van der Waals surface area (Å²) in [5.41, 5.74) is 1.74. The van der Waals surface area contributed by atoms with Gasteiger partial charge in [0.05, 0.1) is 19.8 Å². The average molecular weight is 368 g/mol. The molecule has 1 aliphatic rings. The molecule has 5 heteroatoms. The summed E-state index contributed by atoms with van der Waals surface area (Å²) in [4.78, 5) is 12.6. The number of allylic oxidation sites excluding steroid dienone is 1. The van der Waals surface area contributed by atoms with Crippen LogP contribution in [0, 0.1) is 0 Å². The molecule has 1 heterocycles. The highest BCUT2D eigenvalue weighted by atomic mass is 16.5. The van der Waals surface area contributed by atoms with Crippen molar-refractivity contribution in [2.45, 2.75) is 32.3 Å². The maximum Gasteiger partial charge on any atom is 0.189 e. The molecule has 1 aliphatic heterocycles. The number of methoxy groups -OCH3 is 2. The zero-order valence-electron chi connectivity index (χ0n) is 16.0. The Morgan fingerprint density at radius 1 is 1.15 bits per heavy atom. The van der Waals surface area contributed by atoms with Crippen LogP contribution >= 0.6 is 0 Å². The van der Waals surface area contributed by atoms with E-state index in [-0.39, 0.29) is 22.7 Å². The van der Waals surface area contributed by atoms with Gasteiger partial charge in [-0.15, -0.1) is 0 Å². The van der Waals surface area contributed by atoms with Gasteiger partial charge in [0.15, 0.2) is 17.3 Å². The second-order valence-corrected chi connectivity index (χ2v) is 7.15. The Labute approximate surface area is 159 Å². The smallest absolute Gasteiger partial charge is 0.189 e. The monoisotopic (exact) mass is 368 g/mol. The fraction of sp³-hybridized carbons (Fsp3) is 0.318. The highest BCUT2D eigenvalue weighted by Crippen LogP contribution is 2.37. The maximum absolute atomic E-state index is 12.6. The Kier molecular flexibility index (Phi) is 5.13. The van der Waals surface area contributed by atoms with Gasteiger partial charge in [-0.3, -0.25) is 4.79 Å². The van der Waals surface area contributed by atoms with Crippen LogP contribution in [0.5, 0.6) is 23.0 Å². The van der Waals surface area contributed by atoms with Crippen molar-refractivity contribution in [3.05, 3.63) is 53.1 Å². The molecule has 0 aliphatic carbocycles. The molecule has 0 bridgehead atoms. The fourth-order valence-electron chi connectivity index (χ4n) is 3.10. The summed E-state index contributed by atoms with van der Waals surface area (Å²) >= 11 is 0. The summed E-state index contributed by atoms with van der Waals surface area (Å²) in [7, 11) is 3.13. The minimum Gasteiger partial charge on any atom is -0.507 e. The van der Waals surface area contributed by atoms with Crippen LogP contribution in [0.2, 0.25) is 0 Å². The normalized spacial score (nSPS) is 15.1. The van der Waals surface area contributed by atoms with Crippen molar-refractivity contribution in [2.24, 2.45) is 0 Å². The van der Waals surface area contributed by atoms with E-state index in [1.54, 1.807) is 38.5 Å². The number of rotatable bonds is 5. The van der Waals surface area contributed by atoms with Crippen molar-refractivity contribution in [1.29, 1.82) is 0 Å². The first-order valence-electron chi connectivity index (χ1n) is 8.82. The van der Waals surface area contributed by atoms with Gasteiger partial charge in [-0.25, -0.2) is 0 Å². The first kappa shape index (κ1) is 18.8. The van der Waals surface area contributed by atoms with E-state index in [2.05, 4.69) is 0 Å². The van der Waals surface area contributed by atoms with E-state index in [0.29, 0.717) is 17.2 Å². The summed E-state index contributed by atoms with van der Waals surface area (Å²) in [6.45, 7) is 4.02. The molecule has 0 amide bonds. The van der Waals surface area contributed by atoms with Gasteiger partial charge in [0, 0.05) is 6.07 Å². The third-order valence-electron chi connectivity index (χ3n) is 4.66. The number of aryl methyl sites for hydroxylation is 1. The molecule has 5 nitrogen and oxygen atoms in total. The van der Waals surface area contributed by atoms with Crippen LogP contribution in [0.1, 0.15) is 41.8 Å². The molecule has 0 aromatic heterocycles. The van der Waals surface area contributed by atoms with Crippen LogP contribution in [0.3, 0.4) is 0 Å². The zero-order valence-corrected chi connectivity index (χ0v) is 16.0. The Morgan fingerprint density at radius 3 is 2.59 bits per heavy atom. The van der Waals surface area contributed by atoms with Gasteiger partial charge in [0.1, 0.15) is 17.1 Å². The molecule has 0 radical (unpaired) electrons. The second-order valence-electron chi connectivity index (χ2n) is 7.15. The van der Waals surface area contributed by atoms with Crippen LogP contribution in [-0.2, 0) is 6.42 Å². The third-order valence-corrected chi connectivity index (χ3v) is 4.66. The molecular weight excluding hydrogens is 344 g/mol. The predicted octanol–water partition coefficient (Wildman–Crippen LogP) is 4.41. The average Bonchev–Trinajstić information content (AvgIpc) is 2.64. The van der Waals surface area contributed by atoms with Gasteiger partial charge in [0.2, 0.25) is 0 Å². The molecule has 3 rings (SSSR count). The van der Waals surface area contributed by atoms with Gasteiger partial charge in [-0.1, -0.05) is 12.1 Å². The van der Waals surface area contributed by atoms with Gasteiger partial charge >= 0.3 is 0 Å². The molecule has 2 aromatic rings. The Balaban J connectivity index is 1.83. The molecule has 27 heavy (non-hydrogen) atoms. The molecule has 0 spiro atoms. The van der Waals surface area contributed by atoms with E-state index >= 15 is 0 Å². The van der Waals surface area contributed by atoms with E-state index in [1.807, 2.05) is 19.9 Å². The van der Waals surface area contributed by atoms with E-state index < -0.39 is 0 Å². The van der Waals surface area contributed by atoms with Crippen molar-refractivity contribution in [3.8, 4) is 23.0 Å². The van der Waals surface area contributed by atoms with Crippen LogP contribution in [-0.4, -0.2) is 30.7 Å². The topological polar surface area (TPSA) is 65.0 Å². The van der Waals surface area contributed by atoms with Crippen molar-refractivity contribution < 1.29 is 24.1 Å². The maximum atomic E-state index is 12.6. The standard InChI is InChI=1S/C22H24O5/c1-22(2)10-9-15-12-16(18(24)13-20(15)27-22)17(23)7-5-14-6-8-19(25-3)21(11-14)26-4/h5-8,11-13,24H,9-10H2,1-4H3/b7-5+. The SMILES string of the molecule is COc1ccc(/C=C/C(=O)c2cc3c(cc2O)OC(C)(C)CC3)cc1OC. The Bertz CT molecular complexity index is 896. The third kappa shape index (κ3) is 4.08. The minimum absolute atomic E-state index is 0.0755. The lowest BCUT2D eigenvalue weighted by Gasteiger charge is -2.32. The summed E-state index contributed by atoms with van der Waals surface area (Å²) in [5, 5.41) is 10.3. The highest BCUT2D eigenvalue weighted by molar-refractivity contribution is 6.08. The van der Waals surface area contributed by atoms with Gasteiger partial charge in [-0.05, 0) is 62.1 Å². The van der Waals surface area contributed by atoms with Crippen molar-refractivity contribution in [1.82, 2.24) is 0 Å². The molecule has 0 fully saturated rings. The molecule has 0 saturated carbocycles. The summed E-state index contributed by atoms with van der Waals surface area (Å²) in [5.74, 6) is 1.51. The predicted molar refractivity (Wildman–Crippen MR) is 104 cm³/mol. The number of phenolic OH excluding ortho intramolecular Hbond substituents is 1. The Hall–Kier alpha value is -2.95. The lowest BCUT2D eigenvalue weighted by molar-refractivity contribution is 0.0842. The number of carbonyl (C=O) groups is 1. The number of fused-ring (bicyclic) bond motifs is 1. The zero-order chi connectivity index (χ0) is 19.6. The molecule has 0 saturated heterocycles. The quantitative estimate of drug-likeness (QED) is 0.626. The first-order valence-corrected chi connectivity index (χ1v) is 8.82. The van der Waals surface area contributed by atoms with Crippen molar-refractivity contribution in [3.63, 3.8) is 0 Å². The van der Waals surface area contributed by atoms with E-state index in [4.69, 9.17) is 14.2 Å². The lowest BCUT2D eigenvalue weighted by atomic mass is 9.92.